The van der Waals surface area contributed by atoms with Crippen molar-refractivity contribution in [2.24, 2.45) is 5.92 Å². The van der Waals surface area contributed by atoms with E-state index in [2.05, 4.69) is 0 Å². The van der Waals surface area contributed by atoms with E-state index >= 15 is 0 Å². The lowest BCUT2D eigenvalue weighted by molar-refractivity contribution is -0.129. The molecule has 4 nitrogen and oxygen atoms in total. The van der Waals surface area contributed by atoms with Crippen LogP contribution in [-0.2, 0) is 24.2 Å². The largest absolute Gasteiger partial charge is 0.505 e. The first-order valence-corrected chi connectivity index (χ1v) is 8.49. The molecule has 0 aliphatic carbocycles. The van der Waals surface area contributed by atoms with Crippen molar-refractivity contribution in [2.75, 3.05) is 13.1 Å². The Bertz CT molecular complexity index is 762. The van der Waals surface area contributed by atoms with Gasteiger partial charge in [-0.2, -0.15) is 0 Å². The van der Waals surface area contributed by atoms with E-state index in [1.165, 1.54) is 17.7 Å². The smallest absolute Gasteiger partial charge is 0.227 e. The fourth-order valence-electron chi connectivity index (χ4n) is 3.36. The number of halogens is 1. The topological polar surface area (TPSA) is 60.8 Å². The molecular weight excluding hydrogens is 321 g/mol. The van der Waals surface area contributed by atoms with E-state index < -0.39 is 11.6 Å². The minimum atomic E-state index is -0.701. The Kier molecular flexibility index (Phi) is 5.34. The standard InChI is InChI=1S/C20H22FNO3/c21-18-10-15(4-5-19(18)24)11-20(25)22-7-6-16(12-22)8-14-2-1-3-17(9-14)13-23/h1-5,9-10,16,23-24H,6-8,11-13H2. The summed E-state index contributed by atoms with van der Waals surface area (Å²) in [5, 5.41) is 18.4. The number of phenols is 1. The molecule has 0 radical (unpaired) electrons. The molecule has 1 fully saturated rings. The summed E-state index contributed by atoms with van der Waals surface area (Å²) in [4.78, 5) is 14.2. The zero-order chi connectivity index (χ0) is 17.8. The summed E-state index contributed by atoms with van der Waals surface area (Å²) >= 11 is 0. The highest BCUT2D eigenvalue weighted by molar-refractivity contribution is 5.79. The highest BCUT2D eigenvalue weighted by Gasteiger charge is 2.26. The first kappa shape index (κ1) is 17.4. The second-order valence-corrected chi connectivity index (χ2v) is 6.64. The highest BCUT2D eigenvalue weighted by atomic mass is 19.1. The molecule has 0 aromatic heterocycles. The average Bonchev–Trinajstić information content (AvgIpc) is 3.07. The molecule has 5 heteroatoms. The molecule has 2 aromatic carbocycles. The molecular formula is C20H22FNO3. The van der Waals surface area contributed by atoms with Crippen molar-refractivity contribution in [1.29, 1.82) is 0 Å². The minimum Gasteiger partial charge on any atom is -0.505 e. The van der Waals surface area contributed by atoms with Crippen molar-refractivity contribution < 1.29 is 19.4 Å². The van der Waals surface area contributed by atoms with Gasteiger partial charge in [0.1, 0.15) is 0 Å². The van der Waals surface area contributed by atoms with Crippen molar-refractivity contribution in [1.82, 2.24) is 4.90 Å². The Morgan fingerprint density at radius 2 is 1.96 bits per heavy atom. The Balaban J connectivity index is 1.56. The number of amides is 1. The maximum absolute atomic E-state index is 13.4. The summed E-state index contributed by atoms with van der Waals surface area (Å²) in [5.74, 6) is -0.720. The molecule has 25 heavy (non-hydrogen) atoms. The number of aliphatic hydroxyl groups is 1. The molecule has 2 aromatic rings. The van der Waals surface area contributed by atoms with Crippen LogP contribution in [0, 0.1) is 11.7 Å². The van der Waals surface area contributed by atoms with Gasteiger partial charge in [0.2, 0.25) is 5.91 Å². The third kappa shape index (κ3) is 4.37. The quantitative estimate of drug-likeness (QED) is 0.877. The van der Waals surface area contributed by atoms with Crippen LogP contribution < -0.4 is 0 Å². The second kappa shape index (κ2) is 7.66. The van der Waals surface area contributed by atoms with Gasteiger partial charge in [-0.15, -0.1) is 0 Å². The normalized spacial score (nSPS) is 17.0. The van der Waals surface area contributed by atoms with Gasteiger partial charge in [-0.3, -0.25) is 4.79 Å². The number of aliphatic hydroxyl groups excluding tert-OH is 1. The second-order valence-electron chi connectivity index (χ2n) is 6.64. The van der Waals surface area contributed by atoms with Gasteiger partial charge in [0.05, 0.1) is 13.0 Å². The van der Waals surface area contributed by atoms with E-state index in [9.17, 15) is 19.4 Å². The van der Waals surface area contributed by atoms with Crippen LogP contribution in [0.1, 0.15) is 23.1 Å². The highest BCUT2D eigenvalue weighted by Crippen LogP contribution is 2.23. The number of benzene rings is 2. The molecule has 1 amide bonds. The van der Waals surface area contributed by atoms with Crippen LogP contribution in [0.3, 0.4) is 0 Å². The van der Waals surface area contributed by atoms with E-state index in [0.717, 1.165) is 18.4 Å². The molecule has 0 saturated carbocycles. The maximum Gasteiger partial charge on any atom is 0.227 e. The van der Waals surface area contributed by atoms with E-state index in [0.29, 0.717) is 24.6 Å². The molecule has 1 aliphatic heterocycles. The molecule has 1 atom stereocenters. The summed E-state index contributed by atoms with van der Waals surface area (Å²) in [7, 11) is 0. The third-order valence-corrected chi connectivity index (χ3v) is 4.70. The molecule has 132 valence electrons. The third-order valence-electron chi connectivity index (χ3n) is 4.70. The zero-order valence-electron chi connectivity index (χ0n) is 14.0. The lowest BCUT2D eigenvalue weighted by atomic mass is 9.97. The van der Waals surface area contributed by atoms with Gasteiger partial charge >= 0.3 is 0 Å². The van der Waals surface area contributed by atoms with Gasteiger partial charge < -0.3 is 15.1 Å². The summed E-state index contributed by atoms with van der Waals surface area (Å²) in [6.07, 6.45) is 1.97. The number of rotatable bonds is 5. The Labute approximate surface area is 146 Å². The van der Waals surface area contributed by atoms with Gasteiger partial charge in [0.15, 0.2) is 11.6 Å². The van der Waals surface area contributed by atoms with E-state index in [1.807, 2.05) is 29.2 Å². The molecule has 3 rings (SSSR count). The van der Waals surface area contributed by atoms with Crippen LogP contribution in [0.25, 0.3) is 0 Å². The molecule has 1 unspecified atom stereocenters. The van der Waals surface area contributed by atoms with Crippen LogP contribution >= 0.6 is 0 Å². The lowest BCUT2D eigenvalue weighted by Crippen LogP contribution is -2.30. The number of nitrogens with zero attached hydrogens (tertiary/aromatic N) is 1. The van der Waals surface area contributed by atoms with Gasteiger partial charge in [-0.25, -0.2) is 4.39 Å². The molecule has 1 heterocycles. The predicted octanol–water partition coefficient (Wildman–Crippen LogP) is 2.66. The maximum atomic E-state index is 13.4. The van der Waals surface area contributed by atoms with E-state index in [1.54, 1.807) is 6.07 Å². The van der Waals surface area contributed by atoms with Crippen LogP contribution in [0.2, 0.25) is 0 Å². The average molecular weight is 343 g/mol. The number of hydrogen-bond donors (Lipinski definition) is 2. The minimum absolute atomic E-state index is 0.0169. The van der Waals surface area contributed by atoms with Gasteiger partial charge in [0.25, 0.3) is 0 Å². The van der Waals surface area contributed by atoms with Crippen LogP contribution in [-0.4, -0.2) is 34.1 Å². The van der Waals surface area contributed by atoms with Gasteiger partial charge in [-0.1, -0.05) is 30.3 Å². The summed E-state index contributed by atoms with van der Waals surface area (Å²) in [6, 6.07) is 11.9. The Hall–Kier alpha value is -2.40. The summed E-state index contributed by atoms with van der Waals surface area (Å²) < 4.78 is 13.4. The van der Waals surface area contributed by atoms with Gasteiger partial charge in [-0.05, 0) is 47.6 Å². The number of carbonyl (C=O) groups excluding carboxylic acids is 1. The number of likely N-dealkylation sites (tertiary alicyclic amines) is 1. The number of carbonyl (C=O) groups is 1. The van der Waals surface area contributed by atoms with E-state index in [-0.39, 0.29) is 18.9 Å². The molecule has 1 aliphatic rings. The van der Waals surface area contributed by atoms with Crippen molar-refractivity contribution in [3.05, 3.63) is 65.0 Å². The lowest BCUT2D eigenvalue weighted by Gasteiger charge is -2.17. The predicted molar refractivity (Wildman–Crippen MR) is 92.5 cm³/mol. The van der Waals surface area contributed by atoms with Crippen molar-refractivity contribution in [3.8, 4) is 5.75 Å². The molecule has 0 bridgehead atoms. The van der Waals surface area contributed by atoms with E-state index in [4.69, 9.17) is 0 Å². The zero-order valence-corrected chi connectivity index (χ0v) is 14.0. The molecule has 1 saturated heterocycles. The van der Waals surface area contributed by atoms with Crippen molar-refractivity contribution in [3.63, 3.8) is 0 Å². The monoisotopic (exact) mass is 343 g/mol. The van der Waals surface area contributed by atoms with Crippen molar-refractivity contribution in [2.45, 2.75) is 25.9 Å². The fraction of sp³-hybridized carbons (Fsp3) is 0.350. The number of aromatic hydroxyl groups is 1. The first-order valence-electron chi connectivity index (χ1n) is 8.49. The summed E-state index contributed by atoms with van der Waals surface area (Å²) in [6.45, 7) is 1.44. The first-order chi connectivity index (χ1) is 12.0. The summed E-state index contributed by atoms with van der Waals surface area (Å²) in [5.41, 5.74) is 2.64. The van der Waals surface area contributed by atoms with Gasteiger partial charge in [0, 0.05) is 13.1 Å². The van der Waals surface area contributed by atoms with Crippen LogP contribution in [0.5, 0.6) is 5.75 Å². The SMILES string of the molecule is O=C(Cc1ccc(O)c(F)c1)N1CCC(Cc2cccc(CO)c2)C1. The number of hydrogen-bond acceptors (Lipinski definition) is 3. The van der Waals surface area contributed by atoms with Crippen LogP contribution in [0.4, 0.5) is 4.39 Å². The fourth-order valence-corrected chi connectivity index (χ4v) is 3.36. The molecule has 0 spiro atoms. The Morgan fingerprint density at radius 3 is 2.72 bits per heavy atom. The number of phenolic OH excluding ortho intramolecular Hbond substituents is 1. The Morgan fingerprint density at radius 1 is 1.16 bits per heavy atom. The van der Waals surface area contributed by atoms with Crippen LogP contribution in [0.15, 0.2) is 42.5 Å². The molecule has 2 N–H and O–H groups in total. The van der Waals surface area contributed by atoms with Crippen molar-refractivity contribution >= 4 is 5.91 Å².